The zero-order chi connectivity index (χ0) is 17.1. The van der Waals surface area contributed by atoms with Gasteiger partial charge in [0.25, 0.3) is 5.91 Å². The summed E-state index contributed by atoms with van der Waals surface area (Å²) >= 11 is 1.20. The highest BCUT2D eigenvalue weighted by molar-refractivity contribution is 7.08. The van der Waals surface area contributed by atoms with E-state index in [0.717, 1.165) is 54.9 Å². The van der Waals surface area contributed by atoms with Gasteiger partial charge in [0.1, 0.15) is 16.7 Å². The summed E-state index contributed by atoms with van der Waals surface area (Å²) in [7, 11) is 0. The smallest absolute Gasteiger partial charge is 0.267 e. The average molecular weight is 345 g/mol. The molecular formula is C18H23N3O2S. The normalized spacial score (nSPS) is 15.5. The van der Waals surface area contributed by atoms with Crippen LogP contribution >= 0.6 is 11.5 Å². The van der Waals surface area contributed by atoms with Gasteiger partial charge in [-0.05, 0) is 42.9 Å². The third kappa shape index (κ3) is 3.43. The van der Waals surface area contributed by atoms with Gasteiger partial charge in [0, 0.05) is 25.9 Å². The Kier molecular flexibility index (Phi) is 5.14. The molecule has 0 radical (unpaired) electrons. The van der Waals surface area contributed by atoms with Crippen molar-refractivity contribution >= 4 is 17.4 Å². The summed E-state index contributed by atoms with van der Waals surface area (Å²) in [5, 5.41) is 4.04. The van der Waals surface area contributed by atoms with Crippen molar-refractivity contribution in [3.05, 3.63) is 39.9 Å². The minimum Gasteiger partial charge on any atom is -0.490 e. The fourth-order valence-corrected chi connectivity index (χ4v) is 3.79. The van der Waals surface area contributed by atoms with Crippen molar-refractivity contribution in [1.82, 2.24) is 14.5 Å². The first-order chi connectivity index (χ1) is 11.6. The monoisotopic (exact) mass is 345 g/mol. The van der Waals surface area contributed by atoms with Crippen LogP contribution < -0.4 is 4.74 Å². The molecule has 6 heteroatoms. The van der Waals surface area contributed by atoms with Crippen molar-refractivity contribution in [2.24, 2.45) is 0 Å². The summed E-state index contributed by atoms with van der Waals surface area (Å²) in [6.07, 6.45) is 2.61. The Bertz CT molecular complexity index is 701. The lowest BCUT2D eigenvalue weighted by atomic mass is 10.1. The molecule has 1 aromatic carbocycles. The van der Waals surface area contributed by atoms with E-state index in [1.165, 1.54) is 11.5 Å². The number of nitrogens with zero attached hydrogens (tertiary/aromatic N) is 3. The van der Waals surface area contributed by atoms with Gasteiger partial charge >= 0.3 is 0 Å². The summed E-state index contributed by atoms with van der Waals surface area (Å²) < 4.78 is 10.1. The number of ether oxygens (including phenoxy) is 1. The minimum atomic E-state index is 0.0624. The lowest BCUT2D eigenvalue weighted by Gasteiger charge is -2.32. The number of hydrogen-bond donors (Lipinski definition) is 0. The van der Waals surface area contributed by atoms with Gasteiger partial charge in [-0.3, -0.25) is 4.79 Å². The highest BCUT2D eigenvalue weighted by Gasteiger charge is 2.27. The fraction of sp³-hybridized carbons (Fsp3) is 0.500. The molecule has 5 nitrogen and oxygen atoms in total. The summed E-state index contributed by atoms with van der Waals surface area (Å²) in [6, 6.07) is 6.20. The van der Waals surface area contributed by atoms with E-state index < -0.39 is 0 Å². The maximum atomic E-state index is 12.6. The Hall–Kier alpha value is -1.95. The Morgan fingerprint density at radius 1 is 1.29 bits per heavy atom. The average Bonchev–Trinajstić information content (AvgIpc) is 3.07. The molecule has 0 atom stereocenters. The molecular weight excluding hydrogens is 322 g/mol. The van der Waals surface area contributed by atoms with Crippen LogP contribution in [0.1, 0.15) is 46.3 Å². The van der Waals surface area contributed by atoms with Crippen molar-refractivity contribution in [3.63, 3.8) is 0 Å². The largest absolute Gasteiger partial charge is 0.490 e. The maximum absolute atomic E-state index is 12.6. The number of rotatable bonds is 4. The molecule has 0 spiro atoms. The summed E-state index contributed by atoms with van der Waals surface area (Å²) in [5.41, 5.74) is 3.13. The molecule has 1 aliphatic heterocycles. The van der Waals surface area contributed by atoms with Crippen LogP contribution in [0.15, 0.2) is 18.2 Å². The molecule has 1 fully saturated rings. The molecule has 0 N–H and O–H groups in total. The van der Waals surface area contributed by atoms with E-state index in [2.05, 4.69) is 35.6 Å². The Balaban J connectivity index is 1.61. The summed E-state index contributed by atoms with van der Waals surface area (Å²) in [4.78, 5) is 15.2. The SMILES string of the molecule is CCc1nnsc1C(=O)N1CCC(Oc2c(C)cccc2C)CC1. The summed E-state index contributed by atoms with van der Waals surface area (Å²) in [5.74, 6) is 1.05. The molecule has 0 aliphatic carbocycles. The highest BCUT2D eigenvalue weighted by atomic mass is 32.1. The van der Waals surface area contributed by atoms with Crippen LogP contribution in [0.3, 0.4) is 0 Å². The molecule has 1 aliphatic rings. The van der Waals surface area contributed by atoms with Crippen LogP contribution in [0.5, 0.6) is 5.75 Å². The van der Waals surface area contributed by atoms with E-state index in [1.807, 2.05) is 17.9 Å². The molecule has 0 bridgehead atoms. The molecule has 3 rings (SSSR count). The summed E-state index contributed by atoms with van der Waals surface area (Å²) in [6.45, 7) is 7.58. The number of para-hydroxylation sites is 1. The number of amides is 1. The van der Waals surface area contributed by atoms with E-state index >= 15 is 0 Å². The lowest BCUT2D eigenvalue weighted by Crippen LogP contribution is -2.41. The molecule has 0 saturated carbocycles. The van der Waals surface area contributed by atoms with Gasteiger partial charge in [0.05, 0.1) is 5.69 Å². The number of carbonyl (C=O) groups is 1. The van der Waals surface area contributed by atoms with E-state index in [-0.39, 0.29) is 12.0 Å². The van der Waals surface area contributed by atoms with Gasteiger partial charge in [-0.25, -0.2) is 0 Å². The van der Waals surface area contributed by atoms with Gasteiger partial charge in [-0.15, -0.1) is 5.10 Å². The number of hydrogen-bond acceptors (Lipinski definition) is 5. The third-order valence-corrected chi connectivity index (χ3v) is 5.26. The molecule has 0 unspecified atom stereocenters. The third-order valence-electron chi connectivity index (χ3n) is 4.51. The zero-order valence-electron chi connectivity index (χ0n) is 14.4. The lowest BCUT2D eigenvalue weighted by molar-refractivity contribution is 0.0596. The Morgan fingerprint density at radius 2 is 1.96 bits per heavy atom. The van der Waals surface area contributed by atoms with Crippen LogP contribution in [-0.4, -0.2) is 39.6 Å². The van der Waals surface area contributed by atoms with Gasteiger partial charge in [-0.1, -0.05) is 29.6 Å². The van der Waals surface area contributed by atoms with Crippen LogP contribution in [0.2, 0.25) is 0 Å². The number of piperidine rings is 1. The maximum Gasteiger partial charge on any atom is 0.267 e. The van der Waals surface area contributed by atoms with Gasteiger partial charge in [0.15, 0.2) is 0 Å². The molecule has 2 aromatic rings. The van der Waals surface area contributed by atoms with E-state index in [0.29, 0.717) is 4.88 Å². The molecule has 128 valence electrons. The first kappa shape index (κ1) is 16.9. The van der Waals surface area contributed by atoms with E-state index in [1.54, 1.807) is 0 Å². The van der Waals surface area contributed by atoms with Crippen LogP contribution in [0.4, 0.5) is 0 Å². The highest BCUT2D eigenvalue weighted by Crippen LogP contribution is 2.27. The second-order valence-electron chi connectivity index (χ2n) is 6.23. The van der Waals surface area contributed by atoms with Crippen molar-refractivity contribution < 1.29 is 9.53 Å². The zero-order valence-corrected chi connectivity index (χ0v) is 15.2. The number of benzene rings is 1. The van der Waals surface area contributed by atoms with Gasteiger partial charge in [-0.2, -0.15) is 0 Å². The quantitative estimate of drug-likeness (QED) is 0.852. The van der Waals surface area contributed by atoms with E-state index in [4.69, 9.17) is 4.74 Å². The van der Waals surface area contributed by atoms with Crippen LogP contribution in [0.25, 0.3) is 0 Å². The number of likely N-dealkylation sites (tertiary alicyclic amines) is 1. The molecule has 24 heavy (non-hydrogen) atoms. The van der Waals surface area contributed by atoms with Crippen LogP contribution in [0, 0.1) is 13.8 Å². The molecule has 1 aromatic heterocycles. The predicted molar refractivity (Wildman–Crippen MR) is 94.8 cm³/mol. The van der Waals surface area contributed by atoms with E-state index in [9.17, 15) is 4.79 Å². The first-order valence-corrected chi connectivity index (χ1v) is 9.20. The van der Waals surface area contributed by atoms with Gasteiger partial charge in [0.2, 0.25) is 0 Å². The minimum absolute atomic E-state index is 0.0624. The van der Waals surface area contributed by atoms with Gasteiger partial charge < -0.3 is 9.64 Å². The Morgan fingerprint density at radius 3 is 2.58 bits per heavy atom. The predicted octanol–water partition coefficient (Wildman–Crippen LogP) is 3.40. The van der Waals surface area contributed by atoms with Crippen molar-refractivity contribution in [3.8, 4) is 5.75 Å². The van der Waals surface area contributed by atoms with Crippen molar-refractivity contribution in [2.75, 3.05) is 13.1 Å². The van der Waals surface area contributed by atoms with Crippen molar-refractivity contribution in [1.29, 1.82) is 0 Å². The van der Waals surface area contributed by atoms with Crippen molar-refractivity contribution in [2.45, 2.75) is 46.1 Å². The second kappa shape index (κ2) is 7.30. The molecule has 1 amide bonds. The first-order valence-electron chi connectivity index (χ1n) is 8.43. The van der Waals surface area contributed by atoms with Crippen LogP contribution in [-0.2, 0) is 6.42 Å². The number of aryl methyl sites for hydroxylation is 3. The topological polar surface area (TPSA) is 55.3 Å². The fourth-order valence-electron chi connectivity index (χ4n) is 3.07. The second-order valence-corrected chi connectivity index (χ2v) is 6.99. The standard InChI is InChI=1S/C18H23N3O2S/c1-4-15-17(24-20-19-15)18(22)21-10-8-14(9-11-21)23-16-12(2)6-5-7-13(16)3/h5-7,14H,4,8-11H2,1-3H3. The molecule has 1 saturated heterocycles. The number of aromatic nitrogens is 2. The molecule has 2 heterocycles. The Labute approximate surface area is 146 Å². The number of carbonyl (C=O) groups excluding carboxylic acids is 1.